The molecule has 5 aromatic rings. The minimum atomic E-state index is -0.586. The van der Waals surface area contributed by atoms with E-state index in [0.29, 0.717) is 0 Å². The Kier molecular flexibility index (Phi) is 6.29. The number of hydrogen-bond acceptors (Lipinski definition) is 0. The van der Waals surface area contributed by atoms with Crippen molar-refractivity contribution in [2.24, 2.45) is 0 Å². The van der Waals surface area contributed by atoms with Gasteiger partial charge in [-0.25, -0.2) is 0 Å². The van der Waals surface area contributed by atoms with Gasteiger partial charge in [-0.2, -0.15) is 0 Å². The fourth-order valence-electron chi connectivity index (χ4n) is 4.29. The zero-order chi connectivity index (χ0) is 21.6. The first-order valence-electron chi connectivity index (χ1n) is 11.0. The van der Waals surface area contributed by atoms with Gasteiger partial charge in [-0.05, 0) is 23.8 Å². The van der Waals surface area contributed by atoms with Crippen molar-refractivity contribution in [1.29, 1.82) is 0 Å². The Labute approximate surface area is 192 Å². The number of hydrogen-bond donors (Lipinski definition) is 0. The molecule has 0 atom stereocenters. The fourth-order valence-corrected chi connectivity index (χ4v) is 6.57. The van der Waals surface area contributed by atoms with Crippen molar-refractivity contribution in [1.82, 2.24) is 0 Å². The molecule has 0 bridgehead atoms. The molecule has 5 rings (SSSR count). The van der Waals surface area contributed by atoms with Gasteiger partial charge < -0.3 is 0 Å². The smallest absolute Gasteiger partial charge is 0.0687 e. The first kappa shape index (κ1) is 20.5. The highest BCUT2D eigenvalue weighted by molar-refractivity contribution is 7.79. The second-order valence-electron chi connectivity index (χ2n) is 7.85. The summed E-state index contributed by atoms with van der Waals surface area (Å²) in [5.74, 6) is 0. The summed E-state index contributed by atoms with van der Waals surface area (Å²) in [4.78, 5) is 0. The van der Waals surface area contributed by atoms with Crippen LogP contribution in [0, 0.1) is 0 Å². The van der Waals surface area contributed by atoms with Crippen LogP contribution in [0.2, 0.25) is 0 Å². The van der Waals surface area contributed by atoms with E-state index in [0.717, 1.165) is 0 Å². The van der Waals surface area contributed by atoms with Crippen molar-refractivity contribution in [3.63, 3.8) is 0 Å². The van der Waals surface area contributed by atoms with E-state index in [2.05, 4.69) is 146 Å². The molecule has 32 heavy (non-hydrogen) atoms. The standard InChI is InChI=1S/C30H24BP/c1-5-13-25(14-6-1)31(26-15-7-2-8-16-26)27-21-23-30(24-22-27)32(28-17-9-3-10-18-28)29-19-11-4-12-20-29/h1-24H. The van der Waals surface area contributed by atoms with E-state index in [1.807, 2.05) is 0 Å². The topological polar surface area (TPSA) is 0 Å². The van der Waals surface area contributed by atoms with Crippen LogP contribution in [0.15, 0.2) is 146 Å². The van der Waals surface area contributed by atoms with Crippen molar-refractivity contribution in [3.05, 3.63) is 146 Å². The van der Waals surface area contributed by atoms with Crippen LogP contribution in [0.4, 0.5) is 0 Å². The average Bonchev–Trinajstić information content (AvgIpc) is 2.88. The van der Waals surface area contributed by atoms with Gasteiger partial charge in [-0.3, -0.25) is 0 Å². The highest BCUT2D eigenvalue weighted by Crippen LogP contribution is 2.32. The molecule has 0 fully saturated rings. The summed E-state index contributed by atoms with van der Waals surface area (Å²) in [6.07, 6.45) is 0. The highest BCUT2D eigenvalue weighted by atomic mass is 31.1. The van der Waals surface area contributed by atoms with Crippen molar-refractivity contribution >= 4 is 46.9 Å². The lowest BCUT2D eigenvalue weighted by atomic mass is 9.37. The van der Waals surface area contributed by atoms with E-state index < -0.39 is 7.92 Å². The summed E-state index contributed by atoms with van der Waals surface area (Å²) in [5.41, 5.74) is 3.96. The molecule has 0 aromatic heterocycles. The van der Waals surface area contributed by atoms with Crippen LogP contribution in [0.25, 0.3) is 0 Å². The lowest BCUT2D eigenvalue weighted by Gasteiger charge is -2.21. The molecule has 0 aliphatic rings. The van der Waals surface area contributed by atoms with E-state index in [9.17, 15) is 0 Å². The second-order valence-corrected chi connectivity index (χ2v) is 10.1. The van der Waals surface area contributed by atoms with E-state index in [1.165, 1.54) is 32.3 Å². The summed E-state index contributed by atoms with van der Waals surface area (Å²) in [7, 11) is -0.586. The maximum Gasteiger partial charge on any atom is 0.241 e. The molecule has 0 N–H and O–H groups in total. The molecule has 0 aliphatic heterocycles. The predicted octanol–water partition coefficient (Wildman–Crippen LogP) is 3.96. The second kappa shape index (κ2) is 9.81. The van der Waals surface area contributed by atoms with E-state index >= 15 is 0 Å². The molecular weight excluding hydrogens is 402 g/mol. The maximum absolute atomic E-state index is 2.33. The molecule has 0 saturated heterocycles. The zero-order valence-corrected chi connectivity index (χ0v) is 18.8. The van der Waals surface area contributed by atoms with Crippen molar-refractivity contribution in [3.8, 4) is 0 Å². The van der Waals surface area contributed by atoms with E-state index in [4.69, 9.17) is 0 Å². The normalized spacial score (nSPS) is 10.8. The molecule has 0 spiro atoms. The van der Waals surface area contributed by atoms with E-state index in [-0.39, 0.29) is 6.71 Å². The Hall–Kier alpha value is -3.41. The van der Waals surface area contributed by atoms with Gasteiger partial charge >= 0.3 is 0 Å². The Morgan fingerprint density at radius 2 is 0.625 bits per heavy atom. The van der Waals surface area contributed by atoms with Crippen LogP contribution >= 0.6 is 7.92 Å². The molecule has 0 nitrogen and oxygen atoms in total. The molecule has 0 heterocycles. The Balaban J connectivity index is 1.57. The minimum absolute atomic E-state index is 0.228. The summed E-state index contributed by atoms with van der Waals surface area (Å²) < 4.78 is 0. The summed E-state index contributed by atoms with van der Waals surface area (Å²) >= 11 is 0. The third kappa shape index (κ3) is 4.45. The monoisotopic (exact) mass is 426 g/mol. The maximum atomic E-state index is 2.33. The van der Waals surface area contributed by atoms with Crippen LogP contribution in [0.3, 0.4) is 0 Å². The van der Waals surface area contributed by atoms with Gasteiger partial charge in [0.1, 0.15) is 0 Å². The highest BCUT2D eigenvalue weighted by Gasteiger charge is 2.22. The first-order chi connectivity index (χ1) is 15.9. The van der Waals surface area contributed by atoms with Crippen LogP contribution in [-0.4, -0.2) is 6.71 Å². The fraction of sp³-hybridized carbons (Fsp3) is 0. The van der Waals surface area contributed by atoms with E-state index in [1.54, 1.807) is 0 Å². The molecular formula is C30H24BP. The molecule has 0 saturated carbocycles. The number of rotatable bonds is 6. The Bertz CT molecular complexity index is 1060. The third-order valence-electron chi connectivity index (χ3n) is 5.78. The Morgan fingerprint density at radius 3 is 1.03 bits per heavy atom. The molecule has 0 radical (unpaired) electrons. The van der Waals surface area contributed by atoms with Crippen LogP contribution in [0.5, 0.6) is 0 Å². The molecule has 2 heteroatoms. The summed E-state index contributed by atoms with van der Waals surface area (Å²) in [6.45, 7) is 0.228. The van der Waals surface area contributed by atoms with Gasteiger partial charge in [0, 0.05) is 0 Å². The van der Waals surface area contributed by atoms with Crippen LogP contribution in [0.1, 0.15) is 0 Å². The van der Waals surface area contributed by atoms with Gasteiger partial charge in [-0.1, -0.05) is 162 Å². The average molecular weight is 426 g/mol. The van der Waals surface area contributed by atoms with Crippen molar-refractivity contribution in [2.45, 2.75) is 0 Å². The van der Waals surface area contributed by atoms with Crippen LogP contribution in [-0.2, 0) is 0 Å². The van der Waals surface area contributed by atoms with Gasteiger partial charge in [0.05, 0.1) is 0 Å². The quantitative estimate of drug-likeness (QED) is 0.285. The predicted molar refractivity (Wildman–Crippen MR) is 143 cm³/mol. The molecule has 0 amide bonds. The lowest BCUT2D eigenvalue weighted by molar-refractivity contribution is 1.72. The zero-order valence-electron chi connectivity index (χ0n) is 17.9. The van der Waals surface area contributed by atoms with Crippen molar-refractivity contribution in [2.75, 3.05) is 0 Å². The summed E-state index contributed by atoms with van der Waals surface area (Å²) in [5, 5.41) is 4.13. The molecule has 5 aromatic carbocycles. The number of benzene rings is 5. The van der Waals surface area contributed by atoms with Gasteiger partial charge in [-0.15, -0.1) is 0 Å². The van der Waals surface area contributed by atoms with Crippen LogP contribution < -0.4 is 32.3 Å². The van der Waals surface area contributed by atoms with Crippen molar-refractivity contribution < 1.29 is 0 Å². The Morgan fingerprint density at radius 1 is 0.312 bits per heavy atom. The molecule has 0 aliphatic carbocycles. The molecule has 152 valence electrons. The summed E-state index contributed by atoms with van der Waals surface area (Å²) in [6, 6.07) is 52.7. The first-order valence-corrected chi connectivity index (χ1v) is 12.3. The van der Waals surface area contributed by atoms with Gasteiger partial charge in [0.25, 0.3) is 0 Å². The SMILES string of the molecule is c1ccc(B(c2ccccc2)c2ccc(P(c3ccccc3)c3ccccc3)cc2)cc1. The van der Waals surface area contributed by atoms with Gasteiger partial charge in [0.2, 0.25) is 6.71 Å². The largest absolute Gasteiger partial charge is 0.241 e. The lowest BCUT2D eigenvalue weighted by Crippen LogP contribution is -2.52. The third-order valence-corrected chi connectivity index (χ3v) is 8.22. The molecule has 0 unspecified atom stereocenters. The van der Waals surface area contributed by atoms with Gasteiger partial charge in [0.15, 0.2) is 0 Å². The minimum Gasteiger partial charge on any atom is -0.0687 e.